The third kappa shape index (κ3) is 5.41. The first-order chi connectivity index (χ1) is 3.13. The van der Waals surface area contributed by atoms with Gasteiger partial charge < -0.3 is 0 Å². The summed E-state index contributed by atoms with van der Waals surface area (Å²) in [5.74, 6) is 0.125. The molecule has 0 aromatic rings. The van der Waals surface area contributed by atoms with Crippen LogP contribution in [-0.2, 0) is 4.79 Å². The van der Waals surface area contributed by atoms with Crippen LogP contribution in [0.1, 0.15) is 20.8 Å². The number of hydrogen-bond acceptors (Lipinski definition) is 1. The van der Waals surface area contributed by atoms with E-state index in [0.717, 1.165) is 5.57 Å². The molecule has 0 radical (unpaired) electrons. The fourth-order valence-electron chi connectivity index (χ4n) is 0.407. The predicted molar refractivity (Wildman–Crippen MR) is 30.1 cm³/mol. The van der Waals surface area contributed by atoms with Gasteiger partial charge in [-0.05, 0) is 26.8 Å². The molecule has 0 aliphatic rings. The lowest BCUT2D eigenvalue weighted by Crippen LogP contribution is -1.80. The van der Waals surface area contributed by atoms with Crippen molar-refractivity contribution in [2.45, 2.75) is 20.8 Å². The van der Waals surface area contributed by atoms with Gasteiger partial charge in [0.25, 0.3) is 0 Å². The zero-order chi connectivity index (χ0) is 5.86. The Morgan fingerprint density at radius 3 is 1.71 bits per heavy atom. The Morgan fingerprint density at radius 2 is 1.71 bits per heavy atom. The Balaban J connectivity index is 3.68. The van der Waals surface area contributed by atoms with Gasteiger partial charge in [0.15, 0.2) is 5.78 Å². The zero-order valence-corrected chi connectivity index (χ0v) is 4.99. The lowest BCUT2D eigenvalue weighted by Gasteiger charge is -1.80. The Kier molecular flexibility index (Phi) is 2.34. The van der Waals surface area contributed by atoms with E-state index in [2.05, 4.69) is 0 Å². The van der Waals surface area contributed by atoms with Crippen LogP contribution in [0.2, 0.25) is 0 Å². The van der Waals surface area contributed by atoms with Gasteiger partial charge >= 0.3 is 0 Å². The van der Waals surface area contributed by atoms with E-state index in [4.69, 9.17) is 0 Å². The summed E-state index contributed by atoms with van der Waals surface area (Å²) in [6.45, 7) is 5.36. The highest BCUT2D eigenvalue weighted by atomic mass is 16.2. The van der Waals surface area contributed by atoms with Crippen LogP contribution in [0.25, 0.3) is 0 Å². The summed E-state index contributed by atoms with van der Waals surface area (Å²) in [4.78, 5) is 10.2. The molecule has 0 bridgehead atoms. The topological polar surface area (TPSA) is 17.1 Å². The molecular weight excluding hydrogens is 89.1 g/mol. The molecule has 0 N–H and O–H groups in total. The lowest BCUT2D eigenvalue weighted by atomic mass is 10.4. The smallest absolute Gasteiger partial charge is 0.152 e. The zero-order valence-electron chi connectivity index (χ0n) is 4.99. The van der Waals surface area contributed by atoms with Crippen molar-refractivity contribution in [1.29, 1.82) is 0 Å². The summed E-state index contributed by atoms with van der Waals surface area (Å²) in [5, 5.41) is 0. The highest BCUT2D eigenvalue weighted by Crippen LogP contribution is 1.86. The third-order valence-electron chi connectivity index (χ3n) is 0.492. The Labute approximate surface area is 44.0 Å². The summed E-state index contributed by atoms with van der Waals surface area (Å²) < 4.78 is 0. The van der Waals surface area contributed by atoms with Crippen molar-refractivity contribution in [2.24, 2.45) is 0 Å². The van der Waals surface area contributed by atoms with E-state index < -0.39 is 0 Å². The fourth-order valence-corrected chi connectivity index (χ4v) is 0.407. The van der Waals surface area contributed by atoms with Crippen LogP contribution in [0.5, 0.6) is 0 Å². The molecule has 0 fully saturated rings. The maximum Gasteiger partial charge on any atom is 0.152 e. The second kappa shape index (κ2) is 2.56. The van der Waals surface area contributed by atoms with Crippen LogP contribution in [0.3, 0.4) is 0 Å². The molecule has 7 heavy (non-hydrogen) atoms. The summed E-state index contributed by atoms with van der Waals surface area (Å²) in [5.41, 5.74) is 1.06. The molecule has 0 unspecified atom stereocenters. The van der Waals surface area contributed by atoms with Gasteiger partial charge in [-0.2, -0.15) is 0 Å². The number of allylic oxidation sites excluding steroid dienone is 2. The number of ketones is 1. The SMILES string of the molecule is CC(C)=C[13C](C)=O. The van der Waals surface area contributed by atoms with Gasteiger partial charge in [-0.15, -0.1) is 0 Å². The molecule has 40 valence electrons. The van der Waals surface area contributed by atoms with E-state index in [1.165, 1.54) is 0 Å². The van der Waals surface area contributed by atoms with E-state index in [1.54, 1.807) is 13.0 Å². The van der Waals surface area contributed by atoms with Gasteiger partial charge in [-0.1, -0.05) is 5.57 Å². The molecule has 0 spiro atoms. The first-order valence-corrected chi connectivity index (χ1v) is 2.28. The van der Waals surface area contributed by atoms with Crippen molar-refractivity contribution in [3.63, 3.8) is 0 Å². The molecule has 0 saturated carbocycles. The Bertz CT molecular complexity index is 96.7. The Hall–Kier alpha value is -0.590. The van der Waals surface area contributed by atoms with Crippen LogP contribution in [0.4, 0.5) is 0 Å². The second-order valence-electron chi connectivity index (χ2n) is 1.83. The predicted octanol–water partition coefficient (Wildman–Crippen LogP) is 1.54. The molecule has 1 heteroatoms. The third-order valence-corrected chi connectivity index (χ3v) is 0.492. The Morgan fingerprint density at radius 1 is 1.29 bits per heavy atom. The maximum absolute atomic E-state index is 10.2. The van der Waals surface area contributed by atoms with Crippen LogP contribution in [0, 0.1) is 0 Å². The summed E-state index contributed by atoms with van der Waals surface area (Å²) in [7, 11) is 0. The quantitative estimate of drug-likeness (QED) is 0.360. The molecule has 0 heterocycles. The van der Waals surface area contributed by atoms with Crippen LogP contribution in [0.15, 0.2) is 11.6 Å². The highest BCUT2D eigenvalue weighted by molar-refractivity contribution is 5.87. The van der Waals surface area contributed by atoms with Crippen LogP contribution < -0.4 is 0 Å². The number of carbonyl (C=O) groups is 1. The second-order valence-corrected chi connectivity index (χ2v) is 1.83. The van der Waals surface area contributed by atoms with Crippen molar-refractivity contribution in [2.75, 3.05) is 0 Å². The molecule has 0 aromatic heterocycles. The molecule has 0 rings (SSSR count). The van der Waals surface area contributed by atoms with Gasteiger partial charge in [0.1, 0.15) is 0 Å². The minimum absolute atomic E-state index is 0.125. The van der Waals surface area contributed by atoms with Gasteiger partial charge in [-0.3, -0.25) is 4.79 Å². The van der Waals surface area contributed by atoms with E-state index in [0.29, 0.717) is 0 Å². The number of hydrogen-bond donors (Lipinski definition) is 0. The molecule has 0 aliphatic carbocycles. The summed E-state index contributed by atoms with van der Waals surface area (Å²) in [6, 6.07) is 0. The molecule has 0 amide bonds. The van der Waals surface area contributed by atoms with Crippen molar-refractivity contribution in [3.8, 4) is 0 Å². The summed E-state index contributed by atoms with van der Waals surface area (Å²) in [6.07, 6.45) is 1.61. The van der Waals surface area contributed by atoms with E-state index in [9.17, 15) is 4.79 Å². The molecular formula is C6H10O. The molecule has 0 atom stereocenters. The van der Waals surface area contributed by atoms with Crippen molar-refractivity contribution in [3.05, 3.63) is 11.6 Å². The van der Waals surface area contributed by atoms with E-state index in [1.807, 2.05) is 13.8 Å². The van der Waals surface area contributed by atoms with Gasteiger partial charge in [0.2, 0.25) is 0 Å². The average molecular weight is 99.1 g/mol. The van der Waals surface area contributed by atoms with Gasteiger partial charge in [0, 0.05) is 0 Å². The fraction of sp³-hybridized carbons (Fsp3) is 0.500. The number of carbonyl (C=O) groups excluding carboxylic acids is 1. The first kappa shape index (κ1) is 6.41. The molecule has 1 nitrogen and oxygen atoms in total. The average Bonchev–Trinajstić information content (AvgIpc) is 1.27. The minimum atomic E-state index is 0.125. The van der Waals surface area contributed by atoms with Crippen LogP contribution >= 0.6 is 0 Å². The monoisotopic (exact) mass is 99.1 g/mol. The lowest BCUT2D eigenvalue weighted by molar-refractivity contribution is -0.112. The van der Waals surface area contributed by atoms with Crippen molar-refractivity contribution in [1.82, 2.24) is 0 Å². The maximum atomic E-state index is 10.2. The standard InChI is InChI=1S/C6H10O/c1-5(2)4-6(3)7/h4H,1-3H3/i6+1. The van der Waals surface area contributed by atoms with Gasteiger partial charge in [-0.25, -0.2) is 0 Å². The molecule has 0 saturated heterocycles. The first-order valence-electron chi connectivity index (χ1n) is 2.28. The normalized spacial score (nSPS) is 7.86. The molecule has 0 aliphatic heterocycles. The van der Waals surface area contributed by atoms with E-state index in [-0.39, 0.29) is 5.78 Å². The minimum Gasteiger partial charge on any atom is -0.295 e. The van der Waals surface area contributed by atoms with Crippen LogP contribution in [-0.4, -0.2) is 5.78 Å². The van der Waals surface area contributed by atoms with Gasteiger partial charge in [0.05, 0.1) is 0 Å². The highest BCUT2D eigenvalue weighted by Gasteiger charge is 1.80. The number of rotatable bonds is 1. The summed E-state index contributed by atoms with van der Waals surface area (Å²) >= 11 is 0. The largest absolute Gasteiger partial charge is 0.295 e. The van der Waals surface area contributed by atoms with Crippen molar-refractivity contribution < 1.29 is 4.79 Å². The van der Waals surface area contributed by atoms with Crippen molar-refractivity contribution >= 4 is 5.78 Å². The molecule has 0 aromatic carbocycles. The van der Waals surface area contributed by atoms with E-state index >= 15 is 0 Å².